The SMILES string of the molecule is CC(c1ccc(-c2ccccc2)cc1)N1CCN(C)CC1. The summed E-state index contributed by atoms with van der Waals surface area (Å²) >= 11 is 0. The third-order valence-corrected chi connectivity index (χ3v) is 4.59. The molecule has 2 aromatic carbocycles. The van der Waals surface area contributed by atoms with Crippen molar-refractivity contribution in [2.24, 2.45) is 0 Å². The van der Waals surface area contributed by atoms with E-state index in [1.807, 2.05) is 0 Å². The van der Waals surface area contributed by atoms with Gasteiger partial charge in [-0.3, -0.25) is 4.90 Å². The number of rotatable bonds is 3. The zero-order valence-electron chi connectivity index (χ0n) is 13.0. The fourth-order valence-electron chi connectivity index (χ4n) is 3.00. The average Bonchev–Trinajstić information content (AvgIpc) is 2.56. The van der Waals surface area contributed by atoms with E-state index in [0.717, 1.165) is 13.1 Å². The van der Waals surface area contributed by atoms with Gasteiger partial charge in [0.05, 0.1) is 0 Å². The first kappa shape index (κ1) is 14.3. The molecule has 0 radical (unpaired) electrons. The first-order valence-electron chi connectivity index (χ1n) is 7.82. The molecule has 1 atom stereocenters. The quantitative estimate of drug-likeness (QED) is 0.846. The van der Waals surface area contributed by atoms with Gasteiger partial charge >= 0.3 is 0 Å². The van der Waals surface area contributed by atoms with Crippen molar-refractivity contribution in [3.05, 3.63) is 60.2 Å². The summed E-state index contributed by atoms with van der Waals surface area (Å²) < 4.78 is 0. The fourth-order valence-corrected chi connectivity index (χ4v) is 3.00. The van der Waals surface area contributed by atoms with E-state index in [0.29, 0.717) is 6.04 Å². The molecule has 0 bridgehead atoms. The van der Waals surface area contributed by atoms with Crippen molar-refractivity contribution in [2.75, 3.05) is 33.2 Å². The molecule has 2 heteroatoms. The molecule has 0 saturated carbocycles. The Morgan fingerprint density at radius 2 is 1.33 bits per heavy atom. The van der Waals surface area contributed by atoms with Gasteiger partial charge in [-0.2, -0.15) is 0 Å². The normalized spacial score (nSPS) is 18.6. The summed E-state index contributed by atoms with van der Waals surface area (Å²) in [6.07, 6.45) is 0. The van der Waals surface area contributed by atoms with Crippen LogP contribution in [0.4, 0.5) is 0 Å². The lowest BCUT2D eigenvalue weighted by Crippen LogP contribution is -2.45. The summed E-state index contributed by atoms with van der Waals surface area (Å²) in [5.41, 5.74) is 4.00. The van der Waals surface area contributed by atoms with Crippen LogP contribution >= 0.6 is 0 Å². The summed E-state index contributed by atoms with van der Waals surface area (Å²) in [4.78, 5) is 4.99. The van der Waals surface area contributed by atoms with Crippen LogP contribution in [0, 0.1) is 0 Å². The number of likely N-dealkylation sites (N-methyl/N-ethyl adjacent to an activating group) is 1. The minimum Gasteiger partial charge on any atom is -0.304 e. The Kier molecular flexibility index (Phi) is 4.37. The largest absolute Gasteiger partial charge is 0.304 e. The predicted molar refractivity (Wildman–Crippen MR) is 89.4 cm³/mol. The van der Waals surface area contributed by atoms with Crippen LogP contribution in [0.5, 0.6) is 0 Å². The Hall–Kier alpha value is -1.64. The van der Waals surface area contributed by atoms with E-state index in [2.05, 4.69) is 78.4 Å². The Bertz CT molecular complexity index is 554. The van der Waals surface area contributed by atoms with E-state index in [1.165, 1.54) is 29.8 Å². The zero-order chi connectivity index (χ0) is 14.7. The van der Waals surface area contributed by atoms with Gasteiger partial charge in [0, 0.05) is 32.2 Å². The van der Waals surface area contributed by atoms with E-state index in [-0.39, 0.29) is 0 Å². The summed E-state index contributed by atoms with van der Waals surface area (Å²) in [5, 5.41) is 0. The molecule has 1 aliphatic heterocycles. The first-order chi connectivity index (χ1) is 10.2. The van der Waals surface area contributed by atoms with Gasteiger partial charge in [0.1, 0.15) is 0 Å². The lowest BCUT2D eigenvalue weighted by Gasteiger charge is -2.36. The molecule has 2 nitrogen and oxygen atoms in total. The van der Waals surface area contributed by atoms with Crippen molar-refractivity contribution in [2.45, 2.75) is 13.0 Å². The van der Waals surface area contributed by atoms with Gasteiger partial charge in [-0.15, -0.1) is 0 Å². The van der Waals surface area contributed by atoms with Crippen molar-refractivity contribution in [3.8, 4) is 11.1 Å². The summed E-state index contributed by atoms with van der Waals surface area (Å²) in [6.45, 7) is 7.00. The monoisotopic (exact) mass is 280 g/mol. The van der Waals surface area contributed by atoms with Crippen molar-refractivity contribution < 1.29 is 0 Å². The molecule has 0 aromatic heterocycles. The molecule has 0 N–H and O–H groups in total. The van der Waals surface area contributed by atoms with Crippen LogP contribution in [0.1, 0.15) is 18.5 Å². The predicted octanol–water partition coefficient (Wildman–Crippen LogP) is 3.66. The van der Waals surface area contributed by atoms with E-state index in [1.54, 1.807) is 0 Å². The number of hydrogen-bond donors (Lipinski definition) is 0. The number of piperazine rings is 1. The minimum atomic E-state index is 0.503. The van der Waals surface area contributed by atoms with Crippen LogP contribution in [-0.2, 0) is 0 Å². The Morgan fingerprint density at radius 3 is 1.95 bits per heavy atom. The highest BCUT2D eigenvalue weighted by atomic mass is 15.3. The summed E-state index contributed by atoms with van der Waals surface area (Å²) in [7, 11) is 2.21. The standard InChI is InChI=1S/C19H24N2/c1-16(21-14-12-20(2)13-15-21)17-8-10-19(11-9-17)18-6-4-3-5-7-18/h3-11,16H,12-15H2,1-2H3. The average molecular weight is 280 g/mol. The highest BCUT2D eigenvalue weighted by Crippen LogP contribution is 2.25. The van der Waals surface area contributed by atoms with Gasteiger partial charge in [-0.05, 0) is 30.7 Å². The molecule has 110 valence electrons. The highest BCUT2D eigenvalue weighted by molar-refractivity contribution is 5.63. The van der Waals surface area contributed by atoms with E-state index in [4.69, 9.17) is 0 Å². The zero-order valence-corrected chi connectivity index (χ0v) is 13.0. The molecule has 2 aromatic rings. The minimum absolute atomic E-state index is 0.503. The van der Waals surface area contributed by atoms with E-state index >= 15 is 0 Å². The van der Waals surface area contributed by atoms with E-state index in [9.17, 15) is 0 Å². The van der Waals surface area contributed by atoms with Crippen molar-refractivity contribution in [3.63, 3.8) is 0 Å². The molecule has 1 unspecified atom stereocenters. The molecular formula is C19H24N2. The van der Waals surface area contributed by atoms with E-state index < -0.39 is 0 Å². The highest BCUT2D eigenvalue weighted by Gasteiger charge is 2.20. The second-order valence-corrected chi connectivity index (χ2v) is 6.00. The Labute approximate surface area is 128 Å². The smallest absolute Gasteiger partial charge is 0.0320 e. The van der Waals surface area contributed by atoms with Gasteiger partial charge in [-0.1, -0.05) is 54.6 Å². The third-order valence-electron chi connectivity index (χ3n) is 4.59. The molecule has 0 aliphatic carbocycles. The molecular weight excluding hydrogens is 256 g/mol. The summed E-state index contributed by atoms with van der Waals surface area (Å²) in [5.74, 6) is 0. The van der Waals surface area contributed by atoms with Crippen LogP contribution < -0.4 is 0 Å². The van der Waals surface area contributed by atoms with Gasteiger partial charge in [-0.25, -0.2) is 0 Å². The van der Waals surface area contributed by atoms with Crippen molar-refractivity contribution >= 4 is 0 Å². The maximum atomic E-state index is 2.58. The van der Waals surface area contributed by atoms with Crippen LogP contribution in [0.2, 0.25) is 0 Å². The van der Waals surface area contributed by atoms with Crippen LogP contribution in [-0.4, -0.2) is 43.0 Å². The first-order valence-corrected chi connectivity index (χ1v) is 7.82. The second kappa shape index (κ2) is 6.42. The number of benzene rings is 2. The molecule has 1 aliphatic rings. The molecule has 1 fully saturated rings. The van der Waals surface area contributed by atoms with Gasteiger partial charge in [0.15, 0.2) is 0 Å². The molecule has 3 rings (SSSR count). The van der Waals surface area contributed by atoms with Crippen LogP contribution in [0.15, 0.2) is 54.6 Å². The third kappa shape index (κ3) is 3.34. The Morgan fingerprint density at radius 1 is 0.762 bits per heavy atom. The lowest BCUT2D eigenvalue weighted by atomic mass is 10.0. The molecule has 0 spiro atoms. The molecule has 21 heavy (non-hydrogen) atoms. The Balaban J connectivity index is 1.72. The number of hydrogen-bond acceptors (Lipinski definition) is 2. The van der Waals surface area contributed by atoms with Crippen molar-refractivity contribution in [1.82, 2.24) is 9.80 Å². The van der Waals surface area contributed by atoms with Gasteiger partial charge < -0.3 is 4.90 Å². The molecule has 0 amide bonds. The molecule has 1 heterocycles. The summed E-state index contributed by atoms with van der Waals surface area (Å²) in [6, 6.07) is 20.1. The topological polar surface area (TPSA) is 6.48 Å². The second-order valence-electron chi connectivity index (χ2n) is 6.00. The van der Waals surface area contributed by atoms with Crippen molar-refractivity contribution in [1.29, 1.82) is 0 Å². The lowest BCUT2D eigenvalue weighted by molar-refractivity contribution is 0.119. The van der Waals surface area contributed by atoms with Crippen LogP contribution in [0.3, 0.4) is 0 Å². The molecule has 1 saturated heterocycles. The maximum Gasteiger partial charge on any atom is 0.0320 e. The fraction of sp³-hybridized carbons (Fsp3) is 0.368. The van der Waals surface area contributed by atoms with Gasteiger partial charge in [0.2, 0.25) is 0 Å². The maximum absolute atomic E-state index is 2.58. The van der Waals surface area contributed by atoms with Gasteiger partial charge in [0.25, 0.3) is 0 Å². The van der Waals surface area contributed by atoms with Crippen LogP contribution in [0.25, 0.3) is 11.1 Å². The number of nitrogens with zero attached hydrogens (tertiary/aromatic N) is 2.